The van der Waals surface area contributed by atoms with Gasteiger partial charge in [0.05, 0.1) is 6.04 Å². The molecule has 0 saturated carbocycles. The first-order valence-electron chi connectivity index (χ1n) is 9.74. The fraction of sp³-hybridized carbons (Fsp3) is 0.154. The molecule has 28 heavy (non-hydrogen) atoms. The first-order chi connectivity index (χ1) is 13.8. The lowest BCUT2D eigenvalue weighted by atomic mass is 9.97. The minimum atomic E-state index is -0.521. The van der Waals surface area contributed by atoms with Crippen LogP contribution in [0.4, 0.5) is 0 Å². The second-order valence-corrected chi connectivity index (χ2v) is 9.64. The average Bonchev–Trinajstić information content (AvgIpc) is 3.19. The quantitative estimate of drug-likeness (QED) is 0.523. The molecule has 1 aliphatic rings. The Morgan fingerprint density at radius 2 is 1.21 bits per heavy atom. The molecule has 1 aliphatic carbocycles. The standard InChI is InChI=1S/C26H26NP/c1-27(2)26(21-13-6-3-7-14-21)24-19-12-20-25(24)28(22-15-8-4-9-16-22)23-17-10-5-11-18-23/h3-20,25-26H,1-2H3/t25?,26-/m1/s1. The van der Waals surface area contributed by atoms with Crippen LogP contribution >= 0.6 is 7.92 Å². The number of likely N-dealkylation sites (N-methyl/N-ethyl adjacent to an activating group) is 1. The van der Waals surface area contributed by atoms with Crippen molar-refractivity contribution in [3.8, 4) is 0 Å². The zero-order valence-corrected chi connectivity index (χ0v) is 17.3. The number of nitrogens with zero attached hydrogens (tertiary/aromatic N) is 1. The van der Waals surface area contributed by atoms with Crippen LogP contribution in [-0.4, -0.2) is 24.7 Å². The molecule has 140 valence electrons. The summed E-state index contributed by atoms with van der Waals surface area (Å²) in [4.78, 5) is 2.34. The lowest BCUT2D eigenvalue weighted by Crippen LogP contribution is -2.29. The van der Waals surface area contributed by atoms with E-state index in [4.69, 9.17) is 0 Å². The SMILES string of the molecule is CN(C)[C@@H](C1=CC=CC1P(c1ccccc1)c1ccccc1)c1ccccc1. The maximum absolute atomic E-state index is 2.40. The Hall–Kier alpha value is -2.47. The molecule has 1 nitrogen and oxygen atoms in total. The van der Waals surface area contributed by atoms with Crippen molar-refractivity contribution in [2.75, 3.05) is 14.1 Å². The molecule has 3 aromatic carbocycles. The third-order valence-corrected chi connectivity index (χ3v) is 7.95. The monoisotopic (exact) mass is 383 g/mol. The zero-order valence-electron chi connectivity index (χ0n) is 16.4. The summed E-state index contributed by atoms with van der Waals surface area (Å²) in [6.07, 6.45) is 6.99. The van der Waals surface area contributed by atoms with Gasteiger partial charge in [0.15, 0.2) is 0 Å². The van der Waals surface area contributed by atoms with Crippen LogP contribution < -0.4 is 10.6 Å². The number of allylic oxidation sites excluding steroid dienone is 3. The summed E-state index contributed by atoms with van der Waals surface area (Å²) < 4.78 is 0. The molecule has 0 aromatic heterocycles. The van der Waals surface area contributed by atoms with Crippen molar-refractivity contribution >= 4 is 18.5 Å². The Labute approximate surface area is 169 Å². The van der Waals surface area contributed by atoms with E-state index in [0.717, 1.165) is 0 Å². The maximum Gasteiger partial charge on any atom is 0.0568 e. The minimum absolute atomic E-state index is 0.277. The van der Waals surface area contributed by atoms with E-state index in [9.17, 15) is 0 Å². The van der Waals surface area contributed by atoms with E-state index < -0.39 is 7.92 Å². The van der Waals surface area contributed by atoms with Crippen molar-refractivity contribution in [2.45, 2.75) is 11.7 Å². The molecule has 0 amide bonds. The summed E-state index contributed by atoms with van der Waals surface area (Å²) in [5, 5.41) is 2.86. The molecule has 0 fully saturated rings. The maximum atomic E-state index is 2.40. The van der Waals surface area contributed by atoms with Crippen molar-refractivity contribution in [1.82, 2.24) is 4.90 Å². The second kappa shape index (κ2) is 8.69. The van der Waals surface area contributed by atoms with Crippen molar-refractivity contribution in [2.24, 2.45) is 0 Å². The van der Waals surface area contributed by atoms with E-state index in [1.807, 2.05) is 0 Å². The fourth-order valence-corrected chi connectivity index (χ4v) is 6.77. The first-order valence-corrected chi connectivity index (χ1v) is 11.2. The van der Waals surface area contributed by atoms with Gasteiger partial charge < -0.3 is 0 Å². The number of rotatable bonds is 6. The lowest BCUT2D eigenvalue weighted by Gasteiger charge is -2.34. The topological polar surface area (TPSA) is 3.24 Å². The highest BCUT2D eigenvalue weighted by Crippen LogP contribution is 2.49. The van der Waals surface area contributed by atoms with Crippen LogP contribution in [0.2, 0.25) is 0 Å². The Bertz CT molecular complexity index is 906. The lowest BCUT2D eigenvalue weighted by molar-refractivity contribution is 0.335. The van der Waals surface area contributed by atoms with Gasteiger partial charge in [-0.15, -0.1) is 0 Å². The highest BCUT2D eigenvalue weighted by atomic mass is 31.1. The average molecular weight is 383 g/mol. The van der Waals surface area contributed by atoms with Gasteiger partial charge in [0.2, 0.25) is 0 Å². The second-order valence-electron chi connectivity index (χ2n) is 7.31. The molecule has 3 aromatic rings. The molecule has 0 heterocycles. The van der Waals surface area contributed by atoms with E-state index in [0.29, 0.717) is 5.66 Å². The van der Waals surface area contributed by atoms with Crippen molar-refractivity contribution in [1.29, 1.82) is 0 Å². The summed E-state index contributed by atoms with van der Waals surface area (Å²) >= 11 is 0. The molecule has 0 aliphatic heterocycles. The van der Waals surface area contributed by atoms with E-state index >= 15 is 0 Å². The number of hydrogen-bond acceptors (Lipinski definition) is 1. The minimum Gasteiger partial charge on any atom is -0.299 e. The normalized spacial score (nSPS) is 17.1. The van der Waals surface area contributed by atoms with Gasteiger partial charge in [-0.3, -0.25) is 4.90 Å². The van der Waals surface area contributed by atoms with Gasteiger partial charge in [0, 0.05) is 5.66 Å². The number of benzene rings is 3. The Morgan fingerprint density at radius 1 is 0.714 bits per heavy atom. The summed E-state index contributed by atoms with van der Waals surface area (Å²) in [5.74, 6) is 0. The summed E-state index contributed by atoms with van der Waals surface area (Å²) in [6, 6.07) is 33.2. The highest BCUT2D eigenvalue weighted by Gasteiger charge is 2.33. The Morgan fingerprint density at radius 3 is 1.71 bits per heavy atom. The third-order valence-electron chi connectivity index (χ3n) is 5.22. The van der Waals surface area contributed by atoms with Gasteiger partial charge in [-0.2, -0.15) is 0 Å². The summed E-state index contributed by atoms with van der Waals surface area (Å²) in [7, 11) is 3.84. The van der Waals surface area contributed by atoms with Crippen LogP contribution in [0.25, 0.3) is 0 Å². The van der Waals surface area contributed by atoms with Crippen molar-refractivity contribution in [3.05, 3.63) is 120 Å². The number of hydrogen-bond donors (Lipinski definition) is 0. The van der Waals surface area contributed by atoms with Crippen LogP contribution in [-0.2, 0) is 0 Å². The predicted molar refractivity (Wildman–Crippen MR) is 123 cm³/mol. The highest BCUT2D eigenvalue weighted by molar-refractivity contribution is 7.74. The molecule has 1 unspecified atom stereocenters. The van der Waals surface area contributed by atoms with E-state index in [-0.39, 0.29) is 6.04 Å². The van der Waals surface area contributed by atoms with Crippen LogP contribution in [0.15, 0.2) is 115 Å². The fourth-order valence-electron chi connectivity index (χ4n) is 4.04. The van der Waals surface area contributed by atoms with Gasteiger partial charge in [0.25, 0.3) is 0 Å². The first kappa shape index (κ1) is 18.9. The van der Waals surface area contributed by atoms with Crippen molar-refractivity contribution < 1.29 is 0 Å². The third kappa shape index (κ3) is 3.87. The summed E-state index contributed by atoms with van der Waals surface area (Å²) in [6.45, 7) is 0. The molecule has 2 heteroatoms. The molecule has 2 atom stereocenters. The smallest absolute Gasteiger partial charge is 0.0568 e. The van der Waals surface area contributed by atoms with Gasteiger partial charge in [-0.1, -0.05) is 109 Å². The molecule has 4 rings (SSSR count). The molecular formula is C26H26NP. The molecule has 0 spiro atoms. The summed E-state index contributed by atoms with van der Waals surface area (Å²) in [5.41, 5.74) is 3.23. The predicted octanol–water partition coefficient (Wildman–Crippen LogP) is 5.29. The molecule has 0 bridgehead atoms. The van der Waals surface area contributed by atoms with Crippen molar-refractivity contribution in [3.63, 3.8) is 0 Å². The Balaban J connectivity index is 1.78. The molecule has 0 N–H and O–H groups in total. The van der Waals surface area contributed by atoms with E-state index in [2.05, 4.69) is 128 Å². The zero-order chi connectivity index (χ0) is 19.3. The van der Waals surface area contributed by atoms with Crippen LogP contribution in [0, 0.1) is 0 Å². The van der Waals surface area contributed by atoms with E-state index in [1.165, 1.54) is 21.7 Å². The van der Waals surface area contributed by atoms with Gasteiger partial charge >= 0.3 is 0 Å². The van der Waals surface area contributed by atoms with Gasteiger partial charge in [-0.05, 0) is 43.8 Å². The molecular weight excluding hydrogens is 357 g/mol. The van der Waals surface area contributed by atoms with Gasteiger partial charge in [0.1, 0.15) is 0 Å². The molecule has 0 radical (unpaired) electrons. The van der Waals surface area contributed by atoms with E-state index in [1.54, 1.807) is 0 Å². The van der Waals surface area contributed by atoms with Gasteiger partial charge in [-0.25, -0.2) is 0 Å². The largest absolute Gasteiger partial charge is 0.299 e. The van der Waals surface area contributed by atoms with Crippen LogP contribution in [0.1, 0.15) is 11.6 Å². The van der Waals surface area contributed by atoms with Crippen LogP contribution in [0.5, 0.6) is 0 Å². The Kier molecular flexibility index (Phi) is 5.86. The van der Waals surface area contributed by atoms with Crippen LogP contribution in [0.3, 0.4) is 0 Å². The molecule has 0 saturated heterocycles.